The standard InChI is InChI=1S/C29H20F6N4O2/c30-19-8-6-18(21(13-19)29(33,34)35)15-37-24-12-17(7-11-23(24)36-14-16-4-2-1-3-5-16)27-38-28(41-39-27)20-9-10-22(31)26(40)25(20)32/h1-13,36-37,40H,14-15H2. The first kappa shape index (κ1) is 27.6. The molecule has 0 aliphatic heterocycles. The zero-order valence-electron chi connectivity index (χ0n) is 20.9. The van der Waals surface area contributed by atoms with E-state index in [-0.39, 0.29) is 29.4 Å². The molecule has 5 aromatic rings. The number of hydrogen-bond donors (Lipinski definition) is 3. The van der Waals surface area contributed by atoms with Gasteiger partial charge in [0.05, 0.1) is 22.5 Å². The zero-order chi connectivity index (χ0) is 29.1. The van der Waals surface area contributed by atoms with Crippen LogP contribution < -0.4 is 10.6 Å². The highest BCUT2D eigenvalue weighted by atomic mass is 19.4. The van der Waals surface area contributed by atoms with Gasteiger partial charge in [0.15, 0.2) is 17.4 Å². The topological polar surface area (TPSA) is 83.2 Å². The van der Waals surface area contributed by atoms with Crippen molar-refractivity contribution >= 4 is 11.4 Å². The van der Waals surface area contributed by atoms with Crippen LogP contribution in [0.15, 0.2) is 83.4 Å². The second-order valence-electron chi connectivity index (χ2n) is 8.93. The van der Waals surface area contributed by atoms with Gasteiger partial charge in [-0.2, -0.15) is 18.2 Å². The minimum Gasteiger partial charge on any atom is -0.503 e. The number of nitrogens with one attached hydrogen (secondary N) is 2. The van der Waals surface area contributed by atoms with E-state index in [2.05, 4.69) is 20.8 Å². The van der Waals surface area contributed by atoms with Crippen molar-refractivity contribution in [2.45, 2.75) is 19.3 Å². The highest BCUT2D eigenvalue weighted by molar-refractivity contribution is 5.76. The molecule has 0 fully saturated rings. The first-order valence-corrected chi connectivity index (χ1v) is 12.1. The molecule has 0 atom stereocenters. The lowest BCUT2D eigenvalue weighted by Crippen LogP contribution is -2.13. The maximum absolute atomic E-state index is 14.4. The highest BCUT2D eigenvalue weighted by Gasteiger charge is 2.33. The Hall–Kier alpha value is -5.00. The Morgan fingerprint density at radius 3 is 2.32 bits per heavy atom. The number of anilines is 2. The van der Waals surface area contributed by atoms with E-state index in [9.17, 15) is 31.4 Å². The maximum Gasteiger partial charge on any atom is 0.416 e. The number of alkyl halides is 3. The van der Waals surface area contributed by atoms with E-state index in [4.69, 9.17) is 4.52 Å². The molecule has 1 heterocycles. The van der Waals surface area contributed by atoms with Crippen LogP contribution in [0.25, 0.3) is 22.8 Å². The fourth-order valence-electron chi connectivity index (χ4n) is 4.09. The number of phenols is 1. The zero-order valence-corrected chi connectivity index (χ0v) is 20.9. The van der Waals surface area contributed by atoms with Gasteiger partial charge in [0.25, 0.3) is 5.89 Å². The molecule has 0 spiro atoms. The smallest absolute Gasteiger partial charge is 0.416 e. The van der Waals surface area contributed by atoms with Gasteiger partial charge in [-0.15, -0.1) is 0 Å². The van der Waals surface area contributed by atoms with E-state index in [0.29, 0.717) is 29.5 Å². The molecule has 12 heteroatoms. The van der Waals surface area contributed by atoms with Crippen LogP contribution >= 0.6 is 0 Å². The molecule has 0 aliphatic rings. The van der Waals surface area contributed by atoms with Gasteiger partial charge < -0.3 is 20.3 Å². The van der Waals surface area contributed by atoms with E-state index in [1.54, 1.807) is 18.2 Å². The van der Waals surface area contributed by atoms with Crippen molar-refractivity contribution in [3.63, 3.8) is 0 Å². The number of rotatable bonds is 8. The van der Waals surface area contributed by atoms with Gasteiger partial charge in [-0.1, -0.05) is 41.6 Å². The van der Waals surface area contributed by atoms with Crippen molar-refractivity contribution in [3.8, 4) is 28.6 Å². The van der Waals surface area contributed by atoms with E-state index in [1.807, 2.05) is 30.3 Å². The third kappa shape index (κ3) is 6.11. The molecular weight excluding hydrogens is 550 g/mol. The summed E-state index contributed by atoms with van der Waals surface area (Å²) in [6.07, 6.45) is -4.76. The van der Waals surface area contributed by atoms with Gasteiger partial charge in [0.1, 0.15) is 5.82 Å². The van der Waals surface area contributed by atoms with Crippen LogP contribution in [-0.2, 0) is 19.3 Å². The van der Waals surface area contributed by atoms with Crippen LogP contribution in [-0.4, -0.2) is 15.2 Å². The Labute approximate surface area is 229 Å². The summed E-state index contributed by atoms with van der Waals surface area (Å²) in [7, 11) is 0. The molecule has 3 N–H and O–H groups in total. The number of halogens is 6. The summed E-state index contributed by atoms with van der Waals surface area (Å²) < 4.78 is 87.2. The minimum atomic E-state index is -4.76. The second kappa shape index (κ2) is 11.2. The number of aromatic hydroxyl groups is 1. The summed E-state index contributed by atoms with van der Waals surface area (Å²) in [6, 6.07) is 18.5. The molecule has 0 saturated carbocycles. The van der Waals surface area contributed by atoms with Gasteiger partial charge in [-0.25, -0.2) is 13.2 Å². The Morgan fingerprint density at radius 1 is 0.805 bits per heavy atom. The van der Waals surface area contributed by atoms with Crippen LogP contribution in [0.5, 0.6) is 5.75 Å². The fourth-order valence-corrected chi connectivity index (χ4v) is 4.09. The largest absolute Gasteiger partial charge is 0.503 e. The molecule has 0 unspecified atom stereocenters. The second-order valence-corrected chi connectivity index (χ2v) is 8.93. The molecule has 6 nitrogen and oxygen atoms in total. The summed E-state index contributed by atoms with van der Waals surface area (Å²) in [4.78, 5) is 4.13. The number of nitrogens with zero attached hydrogens (tertiary/aromatic N) is 2. The Bertz CT molecular complexity index is 1690. The molecule has 5 rings (SSSR count). The van der Waals surface area contributed by atoms with Crippen molar-refractivity contribution in [2.24, 2.45) is 0 Å². The van der Waals surface area contributed by atoms with Crippen molar-refractivity contribution < 1.29 is 36.0 Å². The first-order valence-electron chi connectivity index (χ1n) is 12.1. The van der Waals surface area contributed by atoms with Crippen LogP contribution in [0.4, 0.5) is 37.7 Å². The first-order chi connectivity index (χ1) is 19.6. The van der Waals surface area contributed by atoms with Crippen molar-refractivity contribution in [2.75, 3.05) is 10.6 Å². The molecule has 0 aliphatic carbocycles. The van der Waals surface area contributed by atoms with Crippen molar-refractivity contribution in [1.82, 2.24) is 10.1 Å². The summed E-state index contributed by atoms with van der Waals surface area (Å²) in [5, 5.41) is 19.6. The Kier molecular flexibility index (Phi) is 7.56. The summed E-state index contributed by atoms with van der Waals surface area (Å²) in [5.74, 6) is -4.96. The normalized spacial score (nSPS) is 11.5. The van der Waals surface area contributed by atoms with Crippen LogP contribution in [0.3, 0.4) is 0 Å². The fraction of sp³-hybridized carbons (Fsp3) is 0.103. The summed E-state index contributed by atoms with van der Waals surface area (Å²) in [6.45, 7) is 0.106. The average Bonchev–Trinajstić information content (AvgIpc) is 3.44. The highest BCUT2D eigenvalue weighted by Crippen LogP contribution is 2.35. The lowest BCUT2D eigenvalue weighted by molar-refractivity contribution is -0.138. The van der Waals surface area contributed by atoms with Crippen LogP contribution in [0.2, 0.25) is 0 Å². The number of hydrogen-bond acceptors (Lipinski definition) is 6. The Morgan fingerprint density at radius 2 is 1.56 bits per heavy atom. The minimum absolute atomic E-state index is 0.00126. The molecule has 0 radical (unpaired) electrons. The average molecular weight is 570 g/mol. The van der Waals surface area contributed by atoms with E-state index >= 15 is 0 Å². The van der Waals surface area contributed by atoms with E-state index in [0.717, 1.165) is 29.8 Å². The lowest BCUT2D eigenvalue weighted by Gasteiger charge is -2.17. The van der Waals surface area contributed by atoms with Gasteiger partial charge in [-0.3, -0.25) is 0 Å². The summed E-state index contributed by atoms with van der Waals surface area (Å²) >= 11 is 0. The third-order valence-corrected chi connectivity index (χ3v) is 6.17. The predicted octanol–water partition coefficient (Wildman–Crippen LogP) is 7.77. The lowest BCUT2D eigenvalue weighted by atomic mass is 10.1. The monoisotopic (exact) mass is 570 g/mol. The molecule has 0 amide bonds. The summed E-state index contributed by atoms with van der Waals surface area (Å²) in [5.41, 5.74) is 0.610. The molecule has 41 heavy (non-hydrogen) atoms. The molecular formula is C29H20F6N4O2. The number of phenolic OH excluding ortho intramolecular Hbond substituents is 1. The van der Waals surface area contributed by atoms with Crippen LogP contribution in [0, 0.1) is 17.5 Å². The van der Waals surface area contributed by atoms with E-state index < -0.39 is 34.9 Å². The molecule has 1 aromatic heterocycles. The van der Waals surface area contributed by atoms with Gasteiger partial charge in [-0.05, 0) is 53.6 Å². The van der Waals surface area contributed by atoms with Gasteiger partial charge in [0.2, 0.25) is 5.82 Å². The van der Waals surface area contributed by atoms with Gasteiger partial charge in [0, 0.05) is 18.7 Å². The SMILES string of the molecule is Oc1c(F)ccc(-c2nc(-c3ccc(NCc4ccccc4)c(NCc4ccc(F)cc4C(F)(F)F)c3)no2)c1F. The van der Waals surface area contributed by atoms with Crippen molar-refractivity contribution in [3.05, 3.63) is 113 Å². The number of benzene rings is 4. The maximum atomic E-state index is 14.4. The quantitative estimate of drug-likeness (QED) is 0.165. The van der Waals surface area contributed by atoms with E-state index in [1.165, 1.54) is 0 Å². The Balaban J connectivity index is 1.47. The molecule has 0 bridgehead atoms. The molecule has 210 valence electrons. The van der Waals surface area contributed by atoms with Gasteiger partial charge >= 0.3 is 6.18 Å². The number of aromatic nitrogens is 2. The third-order valence-electron chi connectivity index (χ3n) is 6.17. The molecule has 0 saturated heterocycles. The van der Waals surface area contributed by atoms with Crippen molar-refractivity contribution in [1.29, 1.82) is 0 Å². The molecule has 4 aromatic carbocycles. The van der Waals surface area contributed by atoms with Crippen LogP contribution in [0.1, 0.15) is 16.7 Å². The predicted molar refractivity (Wildman–Crippen MR) is 139 cm³/mol.